The predicted molar refractivity (Wildman–Crippen MR) is 127 cm³/mol. The van der Waals surface area contributed by atoms with E-state index in [4.69, 9.17) is 11.6 Å². The number of para-hydroxylation sites is 1. The number of hydrogen-bond donors (Lipinski definition) is 2. The summed E-state index contributed by atoms with van der Waals surface area (Å²) in [5.41, 5.74) is -2.10. The van der Waals surface area contributed by atoms with Gasteiger partial charge in [-0.3, -0.25) is 9.13 Å². The van der Waals surface area contributed by atoms with Gasteiger partial charge in [-0.25, -0.2) is 14.5 Å². The molecule has 4 rings (SSSR count). The molecule has 0 saturated carbocycles. The van der Waals surface area contributed by atoms with Gasteiger partial charge < -0.3 is 10.2 Å². The lowest BCUT2D eigenvalue weighted by Crippen LogP contribution is -2.37. The summed E-state index contributed by atoms with van der Waals surface area (Å²) in [5, 5.41) is 24.2. The molecule has 2 aromatic heterocycles. The Bertz CT molecular complexity index is 1520. The molecule has 2 heterocycles. The van der Waals surface area contributed by atoms with Crippen molar-refractivity contribution in [2.24, 2.45) is 0 Å². The summed E-state index contributed by atoms with van der Waals surface area (Å²) in [7, 11) is 0. The molecular formula is C24H20ClF6N5O3. The molecule has 0 aliphatic heterocycles. The maximum absolute atomic E-state index is 13.6. The highest BCUT2D eigenvalue weighted by Crippen LogP contribution is 2.34. The Morgan fingerprint density at radius 3 is 2.23 bits per heavy atom. The van der Waals surface area contributed by atoms with Crippen molar-refractivity contribution in [2.75, 3.05) is 0 Å². The van der Waals surface area contributed by atoms with E-state index < -0.39 is 54.6 Å². The van der Waals surface area contributed by atoms with Crippen molar-refractivity contribution in [3.05, 3.63) is 87.4 Å². The van der Waals surface area contributed by atoms with E-state index in [9.17, 15) is 41.4 Å². The molecule has 39 heavy (non-hydrogen) atoms. The molecule has 0 spiro atoms. The van der Waals surface area contributed by atoms with Crippen molar-refractivity contribution in [3.8, 4) is 16.9 Å². The molecular weight excluding hydrogens is 556 g/mol. The van der Waals surface area contributed by atoms with Gasteiger partial charge in [0, 0.05) is 11.2 Å². The van der Waals surface area contributed by atoms with Crippen molar-refractivity contribution in [1.29, 1.82) is 0 Å². The van der Waals surface area contributed by atoms with Gasteiger partial charge in [-0.2, -0.15) is 26.3 Å². The summed E-state index contributed by atoms with van der Waals surface area (Å²) < 4.78 is 82.6. The summed E-state index contributed by atoms with van der Waals surface area (Å²) in [6.07, 6.45) is -12.8. The largest absolute Gasteiger partial charge is 0.418 e. The fraction of sp³-hybridized carbons (Fsp3) is 0.292. The van der Waals surface area contributed by atoms with Gasteiger partial charge in [0.15, 0.2) is 17.8 Å². The third kappa shape index (κ3) is 6.02. The van der Waals surface area contributed by atoms with E-state index in [1.54, 1.807) is 0 Å². The van der Waals surface area contributed by atoms with E-state index in [0.29, 0.717) is 15.2 Å². The Balaban J connectivity index is 1.80. The Morgan fingerprint density at radius 2 is 1.64 bits per heavy atom. The standard InChI is InChI=1S/C24H20ClF6N5O3/c1-13(37)21-32-20(33-36(21)17-5-3-2-4-16(17)23(26,27)28)12-34-10-18(14-6-8-15(25)9-7-14)35(22(34)39)11-19(38)24(29,30)31/h2-10,13,19,37-38H,11-12H2,1H3/t13-,19-/m0/s1. The summed E-state index contributed by atoms with van der Waals surface area (Å²) >= 11 is 5.89. The van der Waals surface area contributed by atoms with Crippen LogP contribution in [0.25, 0.3) is 16.9 Å². The van der Waals surface area contributed by atoms with Crippen molar-refractivity contribution in [1.82, 2.24) is 23.9 Å². The van der Waals surface area contributed by atoms with E-state index in [0.717, 1.165) is 21.4 Å². The van der Waals surface area contributed by atoms with Gasteiger partial charge in [-0.05, 0) is 36.8 Å². The van der Waals surface area contributed by atoms with Crippen molar-refractivity contribution in [3.63, 3.8) is 0 Å². The quantitative estimate of drug-likeness (QED) is 0.314. The molecule has 0 bridgehead atoms. The van der Waals surface area contributed by atoms with Crippen LogP contribution in [0.15, 0.2) is 59.5 Å². The maximum atomic E-state index is 13.6. The molecule has 2 N–H and O–H groups in total. The van der Waals surface area contributed by atoms with Crippen LogP contribution in [0.2, 0.25) is 5.02 Å². The minimum Gasteiger partial charge on any atom is -0.385 e. The van der Waals surface area contributed by atoms with E-state index >= 15 is 0 Å². The first-order chi connectivity index (χ1) is 18.2. The van der Waals surface area contributed by atoms with Crippen molar-refractivity contribution in [2.45, 2.75) is 44.6 Å². The predicted octanol–water partition coefficient (Wildman–Crippen LogP) is 4.59. The number of aromatic nitrogens is 5. The van der Waals surface area contributed by atoms with E-state index in [1.807, 2.05) is 0 Å². The molecule has 2 atom stereocenters. The fourth-order valence-electron chi connectivity index (χ4n) is 3.88. The second-order valence-corrected chi connectivity index (χ2v) is 9.03. The molecule has 4 aromatic rings. The fourth-order valence-corrected chi connectivity index (χ4v) is 4.01. The molecule has 0 aliphatic rings. The zero-order valence-electron chi connectivity index (χ0n) is 19.9. The van der Waals surface area contributed by atoms with Crippen LogP contribution in [0, 0.1) is 0 Å². The number of nitrogens with zero attached hydrogens (tertiary/aromatic N) is 5. The molecule has 15 heteroatoms. The number of imidazole rings is 1. The highest BCUT2D eigenvalue weighted by atomic mass is 35.5. The second-order valence-electron chi connectivity index (χ2n) is 8.59. The van der Waals surface area contributed by atoms with Crippen LogP contribution in [0.5, 0.6) is 0 Å². The third-order valence-corrected chi connectivity index (χ3v) is 5.97. The van der Waals surface area contributed by atoms with Gasteiger partial charge in [-0.15, -0.1) is 5.10 Å². The molecule has 0 unspecified atom stereocenters. The highest BCUT2D eigenvalue weighted by Gasteiger charge is 2.39. The number of benzene rings is 2. The zero-order chi connectivity index (χ0) is 28.7. The lowest BCUT2D eigenvalue weighted by molar-refractivity contribution is -0.207. The van der Waals surface area contributed by atoms with Crippen LogP contribution < -0.4 is 5.69 Å². The monoisotopic (exact) mass is 575 g/mol. The van der Waals surface area contributed by atoms with Gasteiger partial charge in [-0.1, -0.05) is 35.9 Å². The van der Waals surface area contributed by atoms with Crippen molar-refractivity contribution >= 4 is 11.6 Å². The van der Waals surface area contributed by atoms with Gasteiger partial charge >= 0.3 is 18.0 Å². The van der Waals surface area contributed by atoms with E-state index in [2.05, 4.69) is 10.1 Å². The van der Waals surface area contributed by atoms with Crippen LogP contribution in [-0.4, -0.2) is 46.4 Å². The molecule has 0 fully saturated rings. The van der Waals surface area contributed by atoms with Crippen LogP contribution in [0.1, 0.15) is 30.2 Å². The van der Waals surface area contributed by atoms with E-state index in [1.165, 1.54) is 49.5 Å². The summed E-state index contributed by atoms with van der Waals surface area (Å²) in [6, 6.07) is 10.3. The van der Waals surface area contributed by atoms with Crippen LogP contribution in [0.3, 0.4) is 0 Å². The minimum atomic E-state index is -5.00. The van der Waals surface area contributed by atoms with E-state index in [-0.39, 0.29) is 17.3 Å². The Labute approximate surface area is 221 Å². The van der Waals surface area contributed by atoms with Crippen LogP contribution in [0.4, 0.5) is 26.3 Å². The number of rotatable bonds is 7. The van der Waals surface area contributed by atoms with Crippen molar-refractivity contribution < 1.29 is 36.6 Å². The van der Waals surface area contributed by atoms with Gasteiger partial charge in [0.2, 0.25) is 0 Å². The average Bonchev–Trinajstić information content (AvgIpc) is 3.41. The first-order valence-electron chi connectivity index (χ1n) is 11.3. The minimum absolute atomic E-state index is 0.0116. The molecule has 0 radical (unpaired) electrons. The average molecular weight is 576 g/mol. The summed E-state index contributed by atoms with van der Waals surface area (Å²) in [6.45, 7) is -0.317. The summed E-state index contributed by atoms with van der Waals surface area (Å²) in [4.78, 5) is 17.2. The first-order valence-corrected chi connectivity index (χ1v) is 11.7. The number of aliphatic hydroxyl groups is 2. The normalized spacial score (nSPS) is 14.0. The Morgan fingerprint density at radius 1 is 1.00 bits per heavy atom. The third-order valence-electron chi connectivity index (χ3n) is 5.72. The molecule has 0 saturated heterocycles. The van der Waals surface area contributed by atoms with Crippen LogP contribution >= 0.6 is 11.6 Å². The SMILES string of the molecule is C[C@H](O)c1nc(Cn2cc(-c3ccc(Cl)cc3)n(C[C@H](O)C(F)(F)F)c2=O)nn1-c1ccccc1C(F)(F)F. The van der Waals surface area contributed by atoms with Gasteiger partial charge in [0.05, 0.1) is 30.0 Å². The number of aliphatic hydroxyl groups excluding tert-OH is 2. The number of halogens is 7. The molecule has 0 amide bonds. The molecule has 208 valence electrons. The summed E-state index contributed by atoms with van der Waals surface area (Å²) in [5.74, 6) is -0.444. The lowest BCUT2D eigenvalue weighted by atomic mass is 10.1. The molecule has 2 aromatic carbocycles. The maximum Gasteiger partial charge on any atom is 0.418 e. The topological polar surface area (TPSA) is 98.1 Å². The van der Waals surface area contributed by atoms with Gasteiger partial charge in [0.25, 0.3) is 0 Å². The molecule has 8 nitrogen and oxygen atoms in total. The zero-order valence-corrected chi connectivity index (χ0v) is 20.7. The Hall–Kier alpha value is -3.62. The lowest BCUT2D eigenvalue weighted by Gasteiger charge is -2.16. The molecule has 0 aliphatic carbocycles. The smallest absolute Gasteiger partial charge is 0.385 e. The first kappa shape index (κ1) is 28.4. The Kier molecular flexibility index (Phi) is 7.65. The van der Waals surface area contributed by atoms with Crippen LogP contribution in [-0.2, 0) is 19.3 Å². The number of hydrogen-bond acceptors (Lipinski definition) is 5. The highest BCUT2D eigenvalue weighted by molar-refractivity contribution is 6.30. The second kappa shape index (κ2) is 10.5. The van der Waals surface area contributed by atoms with Gasteiger partial charge in [0.1, 0.15) is 6.10 Å². The number of alkyl halides is 6.